The normalized spacial score (nSPS) is 17.6. The molecule has 1 aromatic rings. The van der Waals surface area contributed by atoms with E-state index in [1.54, 1.807) is 26.8 Å². The van der Waals surface area contributed by atoms with Crippen molar-refractivity contribution >= 4 is 17.8 Å². The maximum atomic E-state index is 12.1. The lowest BCUT2D eigenvalue weighted by atomic mass is 9.95. The van der Waals surface area contributed by atoms with Crippen LogP contribution in [0.25, 0.3) is 6.08 Å². The number of carbonyl (C=O) groups excluding carboxylic acids is 2. The van der Waals surface area contributed by atoms with Gasteiger partial charge in [0.25, 0.3) is 0 Å². The van der Waals surface area contributed by atoms with Crippen LogP contribution < -0.4 is 0 Å². The predicted molar refractivity (Wildman–Crippen MR) is 82.3 cm³/mol. The second-order valence-corrected chi connectivity index (χ2v) is 6.14. The molecule has 1 aliphatic carbocycles. The van der Waals surface area contributed by atoms with Gasteiger partial charge in [0, 0.05) is 6.42 Å². The van der Waals surface area contributed by atoms with Crippen molar-refractivity contribution in [3.05, 3.63) is 53.3 Å². The SMILES string of the molecule is CC(C)(C)C(=O)OC1=CCCC(=O)/C1=C/c1ccccc1. The van der Waals surface area contributed by atoms with Crippen molar-refractivity contribution in [1.29, 1.82) is 0 Å². The summed E-state index contributed by atoms with van der Waals surface area (Å²) in [5.41, 5.74) is 0.796. The van der Waals surface area contributed by atoms with Gasteiger partial charge in [-0.3, -0.25) is 9.59 Å². The largest absolute Gasteiger partial charge is 0.426 e. The minimum absolute atomic E-state index is 0.0121. The Kier molecular flexibility index (Phi) is 4.41. The molecule has 0 bridgehead atoms. The third-order valence-electron chi connectivity index (χ3n) is 3.19. The molecule has 0 saturated heterocycles. The van der Waals surface area contributed by atoms with Crippen molar-refractivity contribution < 1.29 is 14.3 Å². The van der Waals surface area contributed by atoms with E-state index in [2.05, 4.69) is 0 Å². The lowest BCUT2D eigenvalue weighted by Crippen LogP contribution is -2.25. The van der Waals surface area contributed by atoms with Gasteiger partial charge in [-0.15, -0.1) is 0 Å². The molecule has 0 amide bonds. The van der Waals surface area contributed by atoms with Crippen LogP contribution >= 0.6 is 0 Å². The molecule has 0 fully saturated rings. The molecule has 21 heavy (non-hydrogen) atoms. The van der Waals surface area contributed by atoms with Gasteiger partial charge in [0.15, 0.2) is 5.78 Å². The predicted octanol–water partition coefficient (Wildman–Crippen LogP) is 3.91. The summed E-state index contributed by atoms with van der Waals surface area (Å²) in [7, 11) is 0. The van der Waals surface area contributed by atoms with Crippen molar-refractivity contribution in [3.8, 4) is 0 Å². The summed E-state index contributed by atoms with van der Waals surface area (Å²) in [6.45, 7) is 5.38. The third-order valence-corrected chi connectivity index (χ3v) is 3.19. The zero-order valence-electron chi connectivity index (χ0n) is 12.7. The molecule has 110 valence electrons. The van der Waals surface area contributed by atoms with Crippen LogP contribution in [0.15, 0.2) is 47.7 Å². The van der Waals surface area contributed by atoms with Gasteiger partial charge in [0.1, 0.15) is 5.76 Å². The molecule has 0 atom stereocenters. The average Bonchev–Trinajstić information content (AvgIpc) is 2.42. The van der Waals surface area contributed by atoms with Crippen LogP contribution in [0.3, 0.4) is 0 Å². The molecule has 0 aliphatic heterocycles. The lowest BCUT2D eigenvalue weighted by Gasteiger charge is -2.21. The van der Waals surface area contributed by atoms with Gasteiger partial charge in [-0.25, -0.2) is 0 Å². The number of Topliss-reactive ketones (excluding diaryl/α,β-unsaturated/α-hetero) is 1. The summed E-state index contributed by atoms with van der Waals surface area (Å²) in [4.78, 5) is 24.2. The van der Waals surface area contributed by atoms with Gasteiger partial charge < -0.3 is 4.74 Å². The fourth-order valence-electron chi connectivity index (χ4n) is 1.93. The first kappa shape index (κ1) is 15.2. The monoisotopic (exact) mass is 284 g/mol. The Labute approximate surface area is 125 Å². The highest BCUT2D eigenvalue weighted by atomic mass is 16.5. The molecule has 1 aliphatic rings. The van der Waals surface area contributed by atoms with Crippen LogP contribution in [0.1, 0.15) is 39.2 Å². The first-order valence-electron chi connectivity index (χ1n) is 7.11. The van der Waals surface area contributed by atoms with Gasteiger partial charge in [-0.1, -0.05) is 30.3 Å². The van der Waals surface area contributed by atoms with Crippen LogP contribution in [0.4, 0.5) is 0 Å². The van der Waals surface area contributed by atoms with Crippen molar-refractivity contribution in [1.82, 2.24) is 0 Å². The van der Waals surface area contributed by atoms with Crippen molar-refractivity contribution in [2.45, 2.75) is 33.6 Å². The first-order valence-corrected chi connectivity index (χ1v) is 7.11. The van der Waals surface area contributed by atoms with Crippen LogP contribution in [-0.2, 0) is 14.3 Å². The number of ether oxygens (including phenoxy) is 1. The van der Waals surface area contributed by atoms with Gasteiger partial charge in [-0.05, 0) is 44.9 Å². The molecular formula is C18H20O3. The quantitative estimate of drug-likeness (QED) is 0.611. The molecular weight excluding hydrogens is 264 g/mol. The second-order valence-electron chi connectivity index (χ2n) is 6.14. The second kappa shape index (κ2) is 6.08. The fourth-order valence-corrected chi connectivity index (χ4v) is 1.93. The average molecular weight is 284 g/mol. The molecule has 0 radical (unpaired) electrons. The highest BCUT2D eigenvalue weighted by Crippen LogP contribution is 2.27. The first-order chi connectivity index (χ1) is 9.88. The number of carbonyl (C=O) groups is 2. The van der Waals surface area contributed by atoms with Crippen LogP contribution in [0.2, 0.25) is 0 Å². The summed E-state index contributed by atoms with van der Waals surface area (Å²) in [6.07, 6.45) is 4.66. The zero-order valence-corrected chi connectivity index (χ0v) is 12.7. The molecule has 0 spiro atoms. The van der Waals surface area contributed by atoms with Crippen molar-refractivity contribution in [2.75, 3.05) is 0 Å². The van der Waals surface area contributed by atoms with E-state index in [0.717, 1.165) is 5.56 Å². The van der Waals surface area contributed by atoms with Gasteiger partial charge in [0.2, 0.25) is 0 Å². The van der Waals surface area contributed by atoms with E-state index in [1.165, 1.54) is 0 Å². The summed E-state index contributed by atoms with van der Waals surface area (Å²) in [5, 5.41) is 0. The highest BCUT2D eigenvalue weighted by Gasteiger charge is 2.28. The van der Waals surface area contributed by atoms with E-state index in [4.69, 9.17) is 4.74 Å². The molecule has 3 heteroatoms. The Balaban J connectivity index is 2.30. The smallest absolute Gasteiger partial charge is 0.316 e. The number of benzene rings is 1. The number of hydrogen-bond acceptors (Lipinski definition) is 3. The van der Waals surface area contributed by atoms with Gasteiger partial charge in [0.05, 0.1) is 11.0 Å². The highest BCUT2D eigenvalue weighted by molar-refractivity contribution is 6.04. The van der Waals surface area contributed by atoms with E-state index in [1.807, 2.05) is 36.4 Å². The number of rotatable bonds is 2. The van der Waals surface area contributed by atoms with E-state index < -0.39 is 5.41 Å². The molecule has 3 nitrogen and oxygen atoms in total. The summed E-state index contributed by atoms with van der Waals surface area (Å²) >= 11 is 0. The topological polar surface area (TPSA) is 43.4 Å². The molecule has 0 unspecified atom stereocenters. The van der Waals surface area contributed by atoms with Gasteiger partial charge >= 0.3 is 5.97 Å². The molecule has 0 heterocycles. The van der Waals surface area contributed by atoms with E-state index in [-0.39, 0.29) is 11.8 Å². The molecule has 0 aromatic heterocycles. The number of ketones is 1. The Morgan fingerprint density at radius 2 is 1.86 bits per heavy atom. The maximum absolute atomic E-state index is 12.1. The van der Waals surface area contributed by atoms with Crippen molar-refractivity contribution in [2.24, 2.45) is 5.41 Å². The van der Waals surface area contributed by atoms with Crippen LogP contribution in [0, 0.1) is 5.41 Å². The Morgan fingerprint density at radius 1 is 1.19 bits per heavy atom. The summed E-state index contributed by atoms with van der Waals surface area (Å²) < 4.78 is 5.44. The minimum atomic E-state index is -0.598. The van der Waals surface area contributed by atoms with Crippen LogP contribution in [-0.4, -0.2) is 11.8 Å². The van der Waals surface area contributed by atoms with Gasteiger partial charge in [-0.2, -0.15) is 0 Å². The Bertz CT molecular complexity index is 601. The number of allylic oxidation sites excluding steroid dienone is 2. The Morgan fingerprint density at radius 3 is 2.48 bits per heavy atom. The van der Waals surface area contributed by atoms with E-state index in [0.29, 0.717) is 24.2 Å². The summed E-state index contributed by atoms with van der Waals surface area (Å²) in [6, 6.07) is 9.56. The molecule has 2 rings (SSSR count). The zero-order chi connectivity index (χ0) is 15.5. The fraction of sp³-hybridized carbons (Fsp3) is 0.333. The molecule has 0 N–H and O–H groups in total. The minimum Gasteiger partial charge on any atom is -0.426 e. The summed E-state index contributed by atoms with van der Waals surface area (Å²) in [5.74, 6) is 0.0653. The third kappa shape index (κ3) is 3.91. The Hall–Kier alpha value is -2.16. The van der Waals surface area contributed by atoms with Crippen molar-refractivity contribution in [3.63, 3.8) is 0 Å². The number of esters is 1. The van der Waals surface area contributed by atoms with E-state index >= 15 is 0 Å². The standard InChI is InChI=1S/C18H20O3/c1-18(2,3)17(20)21-16-11-7-10-15(19)14(16)12-13-8-5-4-6-9-13/h4-6,8-9,11-12H,7,10H2,1-3H3/b14-12-. The van der Waals surface area contributed by atoms with Crippen LogP contribution in [0.5, 0.6) is 0 Å². The molecule has 1 aromatic carbocycles. The number of hydrogen-bond donors (Lipinski definition) is 0. The molecule has 0 saturated carbocycles. The maximum Gasteiger partial charge on any atom is 0.316 e. The lowest BCUT2D eigenvalue weighted by molar-refractivity contribution is -0.148. The van der Waals surface area contributed by atoms with E-state index in [9.17, 15) is 9.59 Å².